The number of nitrogens with one attached hydrogen (secondary N) is 1. The molecule has 3 aliphatic rings. The third-order valence-electron chi connectivity index (χ3n) is 8.37. The van der Waals surface area contributed by atoms with E-state index in [2.05, 4.69) is 57.6 Å². The molecule has 2 saturated heterocycles. The lowest BCUT2D eigenvalue weighted by Gasteiger charge is -2.32. The fraction of sp³-hybridized carbons (Fsp3) is 0.375. The summed E-state index contributed by atoms with van der Waals surface area (Å²) in [5.74, 6) is 1.12. The van der Waals surface area contributed by atoms with Gasteiger partial charge in [-0.2, -0.15) is 0 Å². The van der Waals surface area contributed by atoms with E-state index in [1.807, 2.05) is 24.3 Å². The van der Waals surface area contributed by atoms with Crippen LogP contribution < -0.4 is 10.1 Å². The number of benzene rings is 3. The van der Waals surface area contributed by atoms with E-state index in [-0.39, 0.29) is 17.9 Å². The summed E-state index contributed by atoms with van der Waals surface area (Å²) < 4.78 is 6.27. The van der Waals surface area contributed by atoms with Gasteiger partial charge in [0, 0.05) is 36.6 Å². The average molecular weight is 544 g/mol. The maximum absolute atomic E-state index is 12.4. The van der Waals surface area contributed by atoms with E-state index in [1.54, 1.807) is 0 Å². The zero-order valence-electron chi connectivity index (χ0n) is 22.1. The lowest BCUT2D eigenvalue weighted by molar-refractivity contribution is -0.137. The second-order valence-corrected chi connectivity index (χ2v) is 11.4. The molecule has 6 rings (SSSR count). The zero-order valence-corrected chi connectivity index (χ0v) is 22.8. The van der Waals surface area contributed by atoms with Gasteiger partial charge in [0.1, 0.15) is 12.4 Å². The Bertz CT molecular complexity index is 1330. The maximum atomic E-state index is 12.4. The second-order valence-electron chi connectivity index (χ2n) is 11.0. The first-order valence-electron chi connectivity index (χ1n) is 13.9. The molecule has 2 fully saturated rings. The summed E-state index contributed by atoms with van der Waals surface area (Å²) in [5.41, 5.74) is 6.19. The van der Waals surface area contributed by atoms with Crippen molar-refractivity contribution >= 4 is 23.4 Å². The van der Waals surface area contributed by atoms with Crippen LogP contribution in [0, 0.1) is 0 Å². The Labute approximate surface area is 234 Å². The van der Waals surface area contributed by atoms with E-state index < -0.39 is 0 Å². The quantitative estimate of drug-likeness (QED) is 0.403. The third-order valence-corrected chi connectivity index (χ3v) is 8.62. The SMILES string of the molecule is O=C1CCC(N2Cc3cccc(OCc4ccc(CN5CCC(c6ccc(Cl)cc6)CC5)cc4)c3C2)C(=O)N1. The highest BCUT2D eigenvalue weighted by atomic mass is 35.5. The number of hydrogen-bond acceptors (Lipinski definition) is 5. The molecule has 2 amide bonds. The van der Waals surface area contributed by atoms with Crippen LogP contribution >= 0.6 is 11.6 Å². The number of carbonyl (C=O) groups is 2. The number of piperidine rings is 2. The van der Waals surface area contributed by atoms with E-state index >= 15 is 0 Å². The fourth-order valence-electron chi connectivity index (χ4n) is 6.12. The summed E-state index contributed by atoms with van der Waals surface area (Å²) in [6.07, 6.45) is 3.32. The molecule has 6 nitrogen and oxygen atoms in total. The average Bonchev–Trinajstić information content (AvgIpc) is 3.38. The van der Waals surface area contributed by atoms with E-state index in [9.17, 15) is 9.59 Å². The number of rotatable bonds is 7. The van der Waals surface area contributed by atoms with Gasteiger partial charge in [-0.1, -0.05) is 60.1 Å². The molecule has 3 aliphatic heterocycles. The topological polar surface area (TPSA) is 61.9 Å². The molecule has 202 valence electrons. The lowest BCUT2D eigenvalue weighted by Crippen LogP contribution is -2.50. The molecule has 7 heteroatoms. The van der Waals surface area contributed by atoms with Gasteiger partial charge >= 0.3 is 0 Å². The van der Waals surface area contributed by atoms with Gasteiger partial charge in [0.15, 0.2) is 0 Å². The highest BCUT2D eigenvalue weighted by Gasteiger charge is 2.35. The van der Waals surface area contributed by atoms with E-state index in [0.29, 0.717) is 38.5 Å². The van der Waals surface area contributed by atoms with Crippen LogP contribution in [0.2, 0.25) is 5.02 Å². The number of ether oxygens (including phenoxy) is 1. The predicted molar refractivity (Wildman–Crippen MR) is 151 cm³/mol. The van der Waals surface area contributed by atoms with Crippen LogP contribution in [0.25, 0.3) is 0 Å². The van der Waals surface area contributed by atoms with Crippen molar-refractivity contribution in [3.05, 3.63) is 99.6 Å². The highest BCUT2D eigenvalue weighted by molar-refractivity contribution is 6.30. The van der Waals surface area contributed by atoms with Crippen molar-refractivity contribution in [1.82, 2.24) is 15.1 Å². The molecule has 1 unspecified atom stereocenters. The minimum absolute atomic E-state index is 0.179. The summed E-state index contributed by atoms with van der Waals surface area (Å²) in [4.78, 5) is 28.6. The zero-order chi connectivity index (χ0) is 26.8. The van der Waals surface area contributed by atoms with E-state index in [4.69, 9.17) is 16.3 Å². The van der Waals surface area contributed by atoms with Crippen molar-refractivity contribution < 1.29 is 14.3 Å². The summed E-state index contributed by atoms with van der Waals surface area (Å²) in [6.45, 7) is 5.04. The van der Waals surface area contributed by atoms with Gasteiger partial charge in [0.05, 0.1) is 6.04 Å². The predicted octanol–water partition coefficient (Wildman–Crippen LogP) is 5.42. The monoisotopic (exact) mass is 543 g/mol. The Kier molecular flexibility index (Phi) is 7.69. The first kappa shape index (κ1) is 26.1. The molecule has 39 heavy (non-hydrogen) atoms. The van der Waals surface area contributed by atoms with Gasteiger partial charge < -0.3 is 4.74 Å². The van der Waals surface area contributed by atoms with Gasteiger partial charge in [-0.05, 0) is 78.7 Å². The van der Waals surface area contributed by atoms with Crippen molar-refractivity contribution in [1.29, 1.82) is 0 Å². The number of halogens is 1. The number of amides is 2. The first-order valence-corrected chi connectivity index (χ1v) is 14.3. The molecule has 0 aliphatic carbocycles. The maximum Gasteiger partial charge on any atom is 0.243 e. The van der Waals surface area contributed by atoms with Crippen molar-refractivity contribution in [3.8, 4) is 5.75 Å². The molecule has 0 saturated carbocycles. The first-order chi connectivity index (χ1) is 19.0. The molecule has 3 aromatic carbocycles. The second kappa shape index (κ2) is 11.5. The largest absolute Gasteiger partial charge is 0.489 e. The van der Waals surface area contributed by atoms with Gasteiger partial charge in [-0.25, -0.2) is 0 Å². The normalized spacial score (nSPS) is 20.6. The minimum Gasteiger partial charge on any atom is -0.489 e. The molecule has 3 heterocycles. The van der Waals surface area contributed by atoms with Crippen LogP contribution in [-0.4, -0.2) is 40.7 Å². The molecule has 0 aromatic heterocycles. The number of hydrogen-bond donors (Lipinski definition) is 1. The smallest absolute Gasteiger partial charge is 0.243 e. The van der Waals surface area contributed by atoms with Crippen LogP contribution in [0.3, 0.4) is 0 Å². The molecule has 0 radical (unpaired) electrons. The number of nitrogens with zero attached hydrogens (tertiary/aromatic N) is 2. The number of likely N-dealkylation sites (tertiary alicyclic amines) is 1. The standard InChI is InChI=1S/C32H34ClN3O3/c33-27-10-8-24(9-11-27)25-14-16-35(17-15-25)18-22-4-6-23(7-5-22)21-39-30-3-1-2-26-19-36(20-28(26)30)29-12-13-31(37)34-32(29)38/h1-11,25,29H,12-21H2,(H,34,37,38). The van der Waals surface area contributed by atoms with Crippen LogP contribution in [-0.2, 0) is 35.8 Å². The number of fused-ring (bicyclic) bond motifs is 1. The fourth-order valence-corrected chi connectivity index (χ4v) is 6.25. The Morgan fingerprint density at radius 3 is 2.36 bits per heavy atom. The Morgan fingerprint density at radius 2 is 1.62 bits per heavy atom. The van der Waals surface area contributed by atoms with Crippen molar-refractivity contribution in [2.45, 2.75) is 63.9 Å². The van der Waals surface area contributed by atoms with Crippen molar-refractivity contribution in [2.24, 2.45) is 0 Å². The molecule has 1 atom stereocenters. The van der Waals surface area contributed by atoms with Crippen LogP contribution in [0.15, 0.2) is 66.7 Å². The number of imide groups is 1. The van der Waals surface area contributed by atoms with E-state index in [1.165, 1.54) is 29.5 Å². The molecule has 0 bridgehead atoms. The molecular formula is C32H34ClN3O3. The summed E-state index contributed by atoms with van der Waals surface area (Å²) in [7, 11) is 0. The van der Waals surface area contributed by atoms with Crippen molar-refractivity contribution in [3.63, 3.8) is 0 Å². The van der Waals surface area contributed by atoms with E-state index in [0.717, 1.165) is 41.5 Å². The Morgan fingerprint density at radius 1 is 0.872 bits per heavy atom. The summed E-state index contributed by atoms with van der Waals surface area (Å²) >= 11 is 6.05. The third kappa shape index (κ3) is 6.03. The van der Waals surface area contributed by atoms with Crippen LogP contribution in [0.1, 0.15) is 59.4 Å². The van der Waals surface area contributed by atoms with Crippen molar-refractivity contribution in [2.75, 3.05) is 13.1 Å². The molecular weight excluding hydrogens is 510 g/mol. The van der Waals surface area contributed by atoms with Crippen LogP contribution in [0.4, 0.5) is 0 Å². The lowest BCUT2D eigenvalue weighted by atomic mass is 9.89. The molecule has 0 spiro atoms. The minimum atomic E-state index is -0.265. The van der Waals surface area contributed by atoms with Crippen LogP contribution in [0.5, 0.6) is 5.75 Å². The van der Waals surface area contributed by atoms with Gasteiger partial charge in [-0.15, -0.1) is 0 Å². The van der Waals surface area contributed by atoms with Gasteiger partial charge in [0.2, 0.25) is 11.8 Å². The Hall–Kier alpha value is -3.19. The molecule has 3 aromatic rings. The summed E-state index contributed by atoms with van der Waals surface area (Å²) in [5, 5.41) is 3.28. The van der Waals surface area contributed by atoms with Gasteiger partial charge in [-0.3, -0.25) is 24.7 Å². The highest BCUT2D eigenvalue weighted by Crippen LogP contribution is 2.34. The molecule has 1 N–H and O–H groups in total. The Balaban J connectivity index is 1.00. The number of carbonyl (C=O) groups excluding carboxylic acids is 2. The summed E-state index contributed by atoms with van der Waals surface area (Å²) in [6, 6.07) is 22.9. The van der Waals surface area contributed by atoms with Gasteiger partial charge in [0.25, 0.3) is 0 Å².